The maximum atomic E-state index is 13.7. The number of halogens is 1. The van der Waals surface area contributed by atoms with Crippen molar-refractivity contribution in [3.05, 3.63) is 95.3 Å². The molecule has 0 aliphatic heterocycles. The van der Waals surface area contributed by atoms with Crippen LogP contribution >= 0.6 is 0 Å². The minimum absolute atomic E-state index is 0.0996. The van der Waals surface area contributed by atoms with Gasteiger partial charge in [0.05, 0.1) is 0 Å². The molecule has 0 unspecified atom stereocenters. The van der Waals surface area contributed by atoms with E-state index in [1.54, 1.807) is 42.9 Å². The van der Waals surface area contributed by atoms with Crippen LogP contribution in [-0.2, 0) is 12.8 Å². The number of nitrogens with one attached hydrogen (secondary N) is 1. The van der Waals surface area contributed by atoms with E-state index in [1.807, 2.05) is 18.2 Å². The topological polar surface area (TPSA) is 58.6 Å². The standard InChI is InChI=1S/C21H16FN3O/c22-19-6-2-1-4-14(19)7-9-16-10-8-15(12-24-16)20(26)18-13-25-21-17(18)5-3-11-23-21/h1-6,8,10-13H,7,9H2,(H,23,25). The second kappa shape index (κ2) is 6.88. The molecule has 4 nitrogen and oxygen atoms in total. The fourth-order valence-corrected chi connectivity index (χ4v) is 2.97. The molecule has 1 N–H and O–H groups in total. The Bertz CT molecular complexity index is 1070. The van der Waals surface area contributed by atoms with Gasteiger partial charge in [-0.2, -0.15) is 0 Å². The molecular formula is C21H16FN3O. The van der Waals surface area contributed by atoms with Crippen LogP contribution in [0.1, 0.15) is 27.2 Å². The van der Waals surface area contributed by atoms with Crippen LogP contribution in [0.4, 0.5) is 4.39 Å². The molecule has 0 atom stereocenters. The summed E-state index contributed by atoms with van der Waals surface area (Å²) in [7, 11) is 0. The van der Waals surface area contributed by atoms with Crippen LogP contribution in [0, 0.1) is 5.82 Å². The van der Waals surface area contributed by atoms with Gasteiger partial charge in [0.15, 0.2) is 5.78 Å². The number of carbonyl (C=O) groups is 1. The summed E-state index contributed by atoms with van der Waals surface area (Å²) in [5, 5.41) is 0.793. The average molecular weight is 345 g/mol. The Balaban J connectivity index is 1.50. The van der Waals surface area contributed by atoms with Gasteiger partial charge in [-0.05, 0) is 48.7 Å². The molecule has 3 heterocycles. The molecule has 0 aliphatic carbocycles. The van der Waals surface area contributed by atoms with Gasteiger partial charge in [-0.15, -0.1) is 0 Å². The Labute approximate surface area is 149 Å². The summed E-state index contributed by atoms with van der Waals surface area (Å²) in [6.45, 7) is 0. The van der Waals surface area contributed by atoms with Crippen molar-refractivity contribution in [2.75, 3.05) is 0 Å². The third-order valence-corrected chi connectivity index (χ3v) is 4.39. The zero-order valence-corrected chi connectivity index (χ0v) is 13.9. The van der Waals surface area contributed by atoms with E-state index in [1.165, 1.54) is 6.07 Å². The lowest BCUT2D eigenvalue weighted by molar-refractivity contribution is 0.104. The molecule has 0 fully saturated rings. The van der Waals surface area contributed by atoms with Crippen LogP contribution in [0.25, 0.3) is 11.0 Å². The number of benzene rings is 1. The largest absolute Gasteiger partial charge is 0.345 e. The SMILES string of the molecule is O=C(c1ccc(CCc2ccccc2F)nc1)c1c[nH]c2ncccc12. The van der Waals surface area contributed by atoms with Gasteiger partial charge in [0.2, 0.25) is 0 Å². The fraction of sp³-hybridized carbons (Fsp3) is 0.0952. The molecule has 5 heteroatoms. The number of ketones is 1. The number of hydrogen-bond donors (Lipinski definition) is 1. The van der Waals surface area contributed by atoms with Crippen molar-refractivity contribution >= 4 is 16.8 Å². The van der Waals surface area contributed by atoms with Gasteiger partial charge < -0.3 is 4.98 Å². The number of carbonyl (C=O) groups excluding carboxylic acids is 1. The molecule has 1 aromatic carbocycles. The average Bonchev–Trinajstić information content (AvgIpc) is 3.11. The first-order chi connectivity index (χ1) is 12.7. The zero-order chi connectivity index (χ0) is 17.9. The molecule has 3 aromatic heterocycles. The van der Waals surface area contributed by atoms with Crippen molar-refractivity contribution < 1.29 is 9.18 Å². The van der Waals surface area contributed by atoms with Crippen molar-refractivity contribution in [3.8, 4) is 0 Å². The molecule has 128 valence electrons. The van der Waals surface area contributed by atoms with Gasteiger partial charge in [0, 0.05) is 40.8 Å². The number of pyridine rings is 2. The van der Waals surface area contributed by atoms with Crippen molar-refractivity contribution in [2.45, 2.75) is 12.8 Å². The number of nitrogens with zero attached hydrogens (tertiary/aromatic N) is 2. The smallest absolute Gasteiger partial charge is 0.196 e. The molecule has 0 spiro atoms. The lowest BCUT2D eigenvalue weighted by atomic mass is 10.0. The van der Waals surface area contributed by atoms with Crippen molar-refractivity contribution in [1.82, 2.24) is 15.0 Å². The number of hydrogen-bond acceptors (Lipinski definition) is 3. The zero-order valence-electron chi connectivity index (χ0n) is 13.9. The van der Waals surface area contributed by atoms with Crippen LogP contribution in [0.2, 0.25) is 0 Å². The van der Waals surface area contributed by atoms with Crippen LogP contribution in [0.15, 0.2) is 67.1 Å². The van der Waals surface area contributed by atoms with Gasteiger partial charge in [0.1, 0.15) is 11.5 Å². The molecule has 0 bridgehead atoms. The van der Waals surface area contributed by atoms with Crippen LogP contribution in [-0.4, -0.2) is 20.7 Å². The number of fused-ring (bicyclic) bond motifs is 1. The van der Waals surface area contributed by atoms with E-state index < -0.39 is 0 Å². The summed E-state index contributed by atoms with van der Waals surface area (Å²) in [5.41, 5.74) is 3.27. The Hall–Kier alpha value is -3.34. The molecule has 4 rings (SSSR count). The minimum atomic E-state index is -0.202. The van der Waals surface area contributed by atoms with E-state index in [2.05, 4.69) is 15.0 Å². The Kier molecular flexibility index (Phi) is 4.27. The summed E-state index contributed by atoms with van der Waals surface area (Å²) in [6.07, 6.45) is 6.12. The maximum Gasteiger partial charge on any atom is 0.196 e. The Morgan fingerprint density at radius 1 is 1.00 bits per heavy atom. The first-order valence-electron chi connectivity index (χ1n) is 8.37. The molecular weight excluding hydrogens is 329 g/mol. The maximum absolute atomic E-state index is 13.7. The summed E-state index contributed by atoms with van der Waals surface area (Å²) < 4.78 is 13.7. The highest BCUT2D eigenvalue weighted by molar-refractivity contribution is 6.15. The monoisotopic (exact) mass is 345 g/mol. The van der Waals surface area contributed by atoms with Crippen molar-refractivity contribution in [2.24, 2.45) is 0 Å². The molecule has 26 heavy (non-hydrogen) atoms. The van der Waals surface area contributed by atoms with E-state index in [0.29, 0.717) is 35.2 Å². The number of aromatic nitrogens is 3. The fourth-order valence-electron chi connectivity index (χ4n) is 2.97. The normalized spacial score (nSPS) is 11.0. The number of aromatic amines is 1. The van der Waals surface area contributed by atoms with Crippen LogP contribution in [0.5, 0.6) is 0 Å². The van der Waals surface area contributed by atoms with E-state index in [0.717, 1.165) is 11.1 Å². The minimum Gasteiger partial charge on any atom is -0.345 e. The summed E-state index contributed by atoms with van der Waals surface area (Å²) in [6, 6.07) is 14.0. The molecule has 0 amide bonds. The van der Waals surface area contributed by atoms with Crippen LogP contribution < -0.4 is 0 Å². The lowest BCUT2D eigenvalue weighted by Gasteiger charge is -2.04. The molecule has 0 radical (unpaired) electrons. The second-order valence-corrected chi connectivity index (χ2v) is 6.06. The summed E-state index contributed by atoms with van der Waals surface area (Å²) >= 11 is 0. The number of H-pyrrole nitrogens is 1. The highest BCUT2D eigenvalue weighted by atomic mass is 19.1. The molecule has 4 aromatic rings. The predicted molar refractivity (Wildman–Crippen MR) is 97.6 cm³/mol. The highest BCUT2D eigenvalue weighted by Crippen LogP contribution is 2.19. The lowest BCUT2D eigenvalue weighted by Crippen LogP contribution is -2.03. The van der Waals surface area contributed by atoms with E-state index in [-0.39, 0.29) is 11.6 Å². The summed E-state index contributed by atoms with van der Waals surface area (Å²) in [5.74, 6) is -0.301. The summed E-state index contributed by atoms with van der Waals surface area (Å²) in [4.78, 5) is 24.3. The van der Waals surface area contributed by atoms with Crippen molar-refractivity contribution in [3.63, 3.8) is 0 Å². The van der Waals surface area contributed by atoms with Gasteiger partial charge in [-0.1, -0.05) is 18.2 Å². The van der Waals surface area contributed by atoms with Gasteiger partial charge in [0.25, 0.3) is 0 Å². The quantitative estimate of drug-likeness (QED) is 0.554. The van der Waals surface area contributed by atoms with Crippen molar-refractivity contribution in [1.29, 1.82) is 0 Å². The first kappa shape index (κ1) is 16.1. The van der Waals surface area contributed by atoms with E-state index in [9.17, 15) is 9.18 Å². The Morgan fingerprint density at radius 3 is 2.69 bits per heavy atom. The highest BCUT2D eigenvalue weighted by Gasteiger charge is 2.15. The second-order valence-electron chi connectivity index (χ2n) is 6.06. The molecule has 0 aliphatic rings. The molecule has 0 saturated heterocycles. The molecule has 0 saturated carbocycles. The Morgan fingerprint density at radius 2 is 1.88 bits per heavy atom. The first-order valence-corrected chi connectivity index (χ1v) is 8.37. The third-order valence-electron chi connectivity index (χ3n) is 4.39. The third kappa shape index (κ3) is 3.11. The van der Waals surface area contributed by atoms with E-state index >= 15 is 0 Å². The van der Waals surface area contributed by atoms with Gasteiger partial charge in [-0.25, -0.2) is 9.37 Å². The number of rotatable bonds is 5. The van der Waals surface area contributed by atoms with Crippen LogP contribution in [0.3, 0.4) is 0 Å². The van der Waals surface area contributed by atoms with Gasteiger partial charge >= 0.3 is 0 Å². The van der Waals surface area contributed by atoms with Gasteiger partial charge in [-0.3, -0.25) is 9.78 Å². The predicted octanol–water partition coefficient (Wildman–Crippen LogP) is 4.11. The number of aryl methyl sites for hydroxylation is 2. The van der Waals surface area contributed by atoms with E-state index in [4.69, 9.17) is 0 Å².